The summed E-state index contributed by atoms with van der Waals surface area (Å²) in [6.45, 7) is 0. The van der Waals surface area contributed by atoms with Gasteiger partial charge in [0.05, 0.1) is 0 Å². The molecule has 1 aromatic carbocycles. The molecule has 0 aliphatic carbocycles. The summed E-state index contributed by atoms with van der Waals surface area (Å²) >= 11 is 0. The van der Waals surface area contributed by atoms with E-state index >= 15 is 0 Å². The van der Waals surface area contributed by atoms with Crippen molar-refractivity contribution >= 4 is 0 Å². The number of halogens is 2. The van der Waals surface area contributed by atoms with Crippen molar-refractivity contribution in [3.63, 3.8) is 0 Å². The maximum atomic E-state index is 13.3. The molecule has 3 nitrogen and oxygen atoms in total. The minimum atomic E-state index is -0.680. The van der Waals surface area contributed by atoms with E-state index in [1.165, 1.54) is 12.4 Å². The Kier molecular flexibility index (Phi) is 2.29. The molecular weight excluding hydrogens is 202 g/mol. The zero-order valence-electron chi connectivity index (χ0n) is 7.50. The Bertz CT molecular complexity index is 551. The average molecular weight is 208 g/mol. The van der Waals surface area contributed by atoms with Gasteiger partial charge in [-0.05, 0) is 18.2 Å². The molecule has 5 heteroatoms. The van der Waals surface area contributed by atoms with Gasteiger partial charge in [-0.25, -0.2) is 13.8 Å². The van der Waals surface area contributed by atoms with Crippen LogP contribution in [0.5, 0.6) is 0 Å². The van der Waals surface area contributed by atoms with E-state index < -0.39 is 17.2 Å². The van der Waals surface area contributed by atoms with Crippen LogP contribution < -0.4 is 5.56 Å². The van der Waals surface area contributed by atoms with Crippen molar-refractivity contribution < 1.29 is 8.78 Å². The average Bonchev–Trinajstić information content (AvgIpc) is 2.23. The molecule has 2 rings (SSSR count). The van der Waals surface area contributed by atoms with Crippen LogP contribution in [0.25, 0.3) is 11.3 Å². The minimum Gasteiger partial charge on any atom is -0.326 e. The Morgan fingerprint density at radius 2 is 2.07 bits per heavy atom. The van der Waals surface area contributed by atoms with E-state index in [2.05, 4.69) is 9.97 Å². The summed E-state index contributed by atoms with van der Waals surface area (Å²) in [7, 11) is 0. The number of hydrogen-bond acceptors (Lipinski definition) is 2. The number of rotatable bonds is 1. The Morgan fingerprint density at radius 3 is 2.80 bits per heavy atom. The summed E-state index contributed by atoms with van der Waals surface area (Å²) in [5.74, 6) is -1.29. The molecule has 76 valence electrons. The van der Waals surface area contributed by atoms with Gasteiger partial charge in [-0.3, -0.25) is 4.79 Å². The van der Waals surface area contributed by atoms with Gasteiger partial charge in [0, 0.05) is 18.0 Å². The standard InChI is InChI=1S/C10H6F2N2O/c11-6-1-2-8(12)7(5-6)9-10(15)14-4-3-13-9/h1-5H,(H,14,15). The van der Waals surface area contributed by atoms with Crippen LogP contribution in [0.2, 0.25) is 0 Å². The Morgan fingerprint density at radius 1 is 1.27 bits per heavy atom. The zero-order valence-corrected chi connectivity index (χ0v) is 7.50. The van der Waals surface area contributed by atoms with Crippen molar-refractivity contribution in [1.29, 1.82) is 0 Å². The van der Waals surface area contributed by atoms with Crippen LogP contribution in [-0.4, -0.2) is 9.97 Å². The first-order valence-electron chi connectivity index (χ1n) is 4.17. The molecule has 1 N–H and O–H groups in total. The second-order valence-corrected chi connectivity index (χ2v) is 2.89. The van der Waals surface area contributed by atoms with Crippen LogP contribution in [0.4, 0.5) is 8.78 Å². The van der Waals surface area contributed by atoms with Crippen molar-refractivity contribution in [3.05, 3.63) is 52.6 Å². The number of nitrogens with zero attached hydrogens (tertiary/aromatic N) is 1. The van der Waals surface area contributed by atoms with E-state index in [4.69, 9.17) is 0 Å². The van der Waals surface area contributed by atoms with Gasteiger partial charge in [-0.2, -0.15) is 0 Å². The van der Waals surface area contributed by atoms with E-state index in [9.17, 15) is 13.6 Å². The normalized spacial score (nSPS) is 10.3. The fourth-order valence-electron chi connectivity index (χ4n) is 1.22. The van der Waals surface area contributed by atoms with Gasteiger partial charge in [0.2, 0.25) is 0 Å². The summed E-state index contributed by atoms with van der Waals surface area (Å²) in [5.41, 5.74) is -0.826. The molecule has 2 aromatic rings. The lowest BCUT2D eigenvalue weighted by Crippen LogP contribution is -2.10. The number of aromatic amines is 1. The molecule has 15 heavy (non-hydrogen) atoms. The van der Waals surface area contributed by atoms with Crippen LogP contribution in [0.3, 0.4) is 0 Å². The van der Waals surface area contributed by atoms with E-state index in [0.717, 1.165) is 18.2 Å². The summed E-state index contributed by atoms with van der Waals surface area (Å²) < 4.78 is 26.1. The molecule has 0 radical (unpaired) electrons. The molecule has 0 unspecified atom stereocenters. The first-order chi connectivity index (χ1) is 7.18. The number of hydrogen-bond donors (Lipinski definition) is 1. The van der Waals surface area contributed by atoms with Gasteiger partial charge >= 0.3 is 0 Å². The highest BCUT2D eigenvalue weighted by molar-refractivity contribution is 5.58. The molecule has 0 fully saturated rings. The number of benzene rings is 1. The first kappa shape index (κ1) is 9.51. The molecule has 0 atom stereocenters. The highest BCUT2D eigenvalue weighted by Crippen LogP contribution is 2.18. The van der Waals surface area contributed by atoms with Crippen LogP contribution in [0.15, 0.2) is 35.4 Å². The summed E-state index contributed by atoms with van der Waals surface area (Å²) in [5, 5.41) is 0. The van der Waals surface area contributed by atoms with Gasteiger partial charge in [-0.15, -0.1) is 0 Å². The van der Waals surface area contributed by atoms with Crippen LogP contribution in [0.1, 0.15) is 0 Å². The lowest BCUT2D eigenvalue weighted by atomic mass is 10.1. The first-order valence-corrected chi connectivity index (χ1v) is 4.17. The molecule has 0 aliphatic heterocycles. The quantitative estimate of drug-likeness (QED) is 0.775. The second-order valence-electron chi connectivity index (χ2n) is 2.89. The van der Waals surface area contributed by atoms with Crippen molar-refractivity contribution in [2.45, 2.75) is 0 Å². The number of H-pyrrole nitrogens is 1. The number of aromatic nitrogens is 2. The zero-order chi connectivity index (χ0) is 10.8. The molecule has 0 bridgehead atoms. The maximum absolute atomic E-state index is 13.3. The topological polar surface area (TPSA) is 45.8 Å². The van der Waals surface area contributed by atoms with Gasteiger partial charge in [-0.1, -0.05) is 0 Å². The van der Waals surface area contributed by atoms with E-state index in [1.54, 1.807) is 0 Å². The molecule has 1 aromatic heterocycles. The lowest BCUT2D eigenvalue weighted by Gasteiger charge is -2.00. The highest BCUT2D eigenvalue weighted by Gasteiger charge is 2.10. The minimum absolute atomic E-state index is 0.130. The van der Waals surface area contributed by atoms with Gasteiger partial charge in [0.1, 0.15) is 17.3 Å². The van der Waals surface area contributed by atoms with Crippen LogP contribution in [-0.2, 0) is 0 Å². The van der Waals surface area contributed by atoms with Gasteiger partial charge in [0.25, 0.3) is 5.56 Å². The largest absolute Gasteiger partial charge is 0.326 e. The summed E-state index contributed by atoms with van der Waals surface area (Å²) in [6, 6.07) is 2.88. The van der Waals surface area contributed by atoms with Crippen LogP contribution in [0, 0.1) is 11.6 Å². The fraction of sp³-hybridized carbons (Fsp3) is 0. The smallest absolute Gasteiger partial charge is 0.274 e. The van der Waals surface area contributed by atoms with Crippen LogP contribution >= 0.6 is 0 Å². The third-order valence-corrected chi connectivity index (χ3v) is 1.89. The van der Waals surface area contributed by atoms with E-state index in [-0.39, 0.29) is 11.3 Å². The third-order valence-electron chi connectivity index (χ3n) is 1.89. The summed E-state index contributed by atoms with van der Waals surface area (Å²) in [6.07, 6.45) is 2.63. The van der Waals surface area contributed by atoms with Crippen molar-refractivity contribution in [3.8, 4) is 11.3 Å². The SMILES string of the molecule is O=c1[nH]ccnc1-c1cc(F)ccc1F. The Labute approximate surface area is 83.4 Å². The molecule has 1 heterocycles. The third kappa shape index (κ3) is 1.76. The van der Waals surface area contributed by atoms with E-state index in [1.807, 2.05) is 0 Å². The molecule has 0 saturated carbocycles. The second kappa shape index (κ2) is 3.61. The monoisotopic (exact) mass is 208 g/mol. The molecule has 0 amide bonds. The Hall–Kier alpha value is -2.04. The van der Waals surface area contributed by atoms with Gasteiger partial charge in [0.15, 0.2) is 0 Å². The predicted octanol–water partition coefficient (Wildman–Crippen LogP) is 1.72. The maximum Gasteiger partial charge on any atom is 0.274 e. The summed E-state index contributed by atoms with van der Waals surface area (Å²) in [4.78, 5) is 17.3. The van der Waals surface area contributed by atoms with Gasteiger partial charge < -0.3 is 4.98 Å². The Balaban J connectivity index is 2.69. The molecule has 0 aliphatic rings. The predicted molar refractivity (Wildman–Crippen MR) is 50.2 cm³/mol. The van der Waals surface area contributed by atoms with E-state index in [0.29, 0.717) is 0 Å². The van der Waals surface area contributed by atoms with Crippen molar-refractivity contribution in [1.82, 2.24) is 9.97 Å². The fourth-order valence-corrected chi connectivity index (χ4v) is 1.22. The number of nitrogens with one attached hydrogen (secondary N) is 1. The lowest BCUT2D eigenvalue weighted by molar-refractivity contribution is 0.602. The van der Waals surface area contributed by atoms with Crippen molar-refractivity contribution in [2.24, 2.45) is 0 Å². The van der Waals surface area contributed by atoms with Crippen molar-refractivity contribution in [2.75, 3.05) is 0 Å². The molecular formula is C10H6F2N2O. The molecule has 0 spiro atoms. The molecule has 0 saturated heterocycles. The highest BCUT2D eigenvalue weighted by atomic mass is 19.1.